The third kappa shape index (κ3) is 4.61. The molecule has 2 aliphatic rings. The Kier molecular flexibility index (Phi) is 5.95. The van der Waals surface area contributed by atoms with Gasteiger partial charge >= 0.3 is 6.61 Å². The number of nitrogens with one attached hydrogen (secondary N) is 1. The van der Waals surface area contributed by atoms with Gasteiger partial charge in [0.25, 0.3) is 5.91 Å². The van der Waals surface area contributed by atoms with Gasteiger partial charge in [0.1, 0.15) is 11.3 Å². The van der Waals surface area contributed by atoms with Gasteiger partial charge in [-0.25, -0.2) is 0 Å². The van der Waals surface area contributed by atoms with Crippen LogP contribution < -0.4 is 4.74 Å². The number of rotatable bonds is 5. The molecule has 2 amide bonds. The first-order valence-electron chi connectivity index (χ1n) is 11.1. The summed E-state index contributed by atoms with van der Waals surface area (Å²) in [6.07, 6.45) is 4.00. The van der Waals surface area contributed by atoms with E-state index in [9.17, 15) is 18.4 Å². The Balaban J connectivity index is 1.18. The molecule has 0 unspecified atom stereocenters. The zero-order valence-electron chi connectivity index (χ0n) is 18.2. The van der Waals surface area contributed by atoms with E-state index in [1.165, 1.54) is 18.2 Å². The number of halogens is 2. The van der Waals surface area contributed by atoms with Gasteiger partial charge in [-0.1, -0.05) is 17.3 Å². The second-order valence-electron chi connectivity index (χ2n) is 8.63. The van der Waals surface area contributed by atoms with Gasteiger partial charge in [0.15, 0.2) is 0 Å². The normalized spacial score (nSPS) is 20.3. The first kappa shape index (κ1) is 22.0. The Bertz CT molecular complexity index is 1230. The standard InChI is InChI=1S/C24H23F2N5O3/c25-24(26)34-19-5-1-15(2-6-19)3-8-22(32)31-12-17-9-10-30(13-18(17)14-31)23(33)16-4-7-20-21(11-16)28-29-27-20/h1-8,11,17-18,24H,9-10,12-14H2,(H,27,28,29)/b8-3+/t17-,18-/m1/s1. The Hall–Kier alpha value is -3.82. The zero-order chi connectivity index (χ0) is 23.7. The maximum absolute atomic E-state index is 13.0. The predicted molar refractivity (Wildman–Crippen MR) is 120 cm³/mol. The molecule has 0 saturated carbocycles. The van der Waals surface area contributed by atoms with Crippen molar-refractivity contribution in [1.82, 2.24) is 25.2 Å². The van der Waals surface area contributed by atoms with Crippen molar-refractivity contribution in [2.24, 2.45) is 11.8 Å². The van der Waals surface area contributed by atoms with E-state index < -0.39 is 6.61 Å². The first-order chi connectivity index (χ1) is 16.5. The second kappa shape index (κ2) is 9.20. The van der Waals surface area contributed by atoms with Crippen LogP contribution in [0.25, 0.3) is 17.1 Å². The van der Waals surface area contributed by atoms with Crippen LogP contribution in [-0.2, 0) is 4.79 Å². The van der Waals surface area contributed by atoms with Crippen LogP contribution in [0.1, 0.15) is 22.3 Å². The van der Waals surface area contributed by atoms with Gasteiger partial charge in [-0.05, 0) is 60.2 Å². The lowest BCUT2D eigenvalue weighted by atomic mass is 9.88. The highest BCUT2D eigenvalue weighted by Gasteiger charge is 2.39. The molecule has 3 heterocycles. The minimum Gasteiger partial charge on any atom is -0.435 e. The summed E-state index contributed by atoms with van der Waals surface area (Å²) in [7, 11) is 0. The van der Waals surface area contributed by atoms with Crippen molar-refractivity contribution in [2.45, 2.75) is 13.0 Å². The van der Waals surface area contributed by atoms with Crippen LogP contribution in [0.2, 0.25) is 0 Å². The highest BCUT2D eigenvalue weighted by atomic mass is 19.3. The number of carbonyl (C=O) groups is 2. The van der Waals surface area contributed by atoms with Crippen LogP contribution in [0, 0.1) is 11.8 Å². The number of ether oxygens (including phenoxy) is 1. The summed E-state index contributed by atoms with van der Waals surface area (Å²) in [4.78, 5) is 29.4. The van der Waals surface area contributed by atoms with E-state index in [4.69, 9.17) is 0 Å². The van der Waals surface area contributed by atoms with E-state index in [0.29, 0.717) is 48.7 Å². The van der Waals surface area contributed by atoms with Crippen molar-refractivity contribution in [1.29, 1.82) is 0 Å². The van der Waals surface area contributed by atoms with Crippen LogP contribution >= 0.6 is 0 Å². The van der Waals surface area contributed by atoms with Crippen LogP contribution in [-0.4, -0.2) is 69.8 Å². The van der Waals surface area contributed by atoms with Gasteiger partial charge in [0.05, 0.1) is 5.52 Å². The lowest BCUT2D eigenvalue weighted by Gasteiger charge is -2.34. The molecule has 2 aliphatic heterocycles. The molecule has 3 aromatic rings. The van der Waals surface area contributed by atoms with E-state index in [-0.39, 0.29) is 23.5 Å². The monoisotopic (exact) mass is 467 g/mol. The minimum atomic E-state index is -2.87. The molecule has 0 spiro atoms. The minimum absolute atomic E-state index is 0.0349. The summed E-state index contributed by atoms with van der Waals surface area (Å²) in [5.41, 5.74) is 2.73. The average Bonchev–Trinajstić information content (AvgIpc) is 3.48. The summed E-state index contributed by atoms with van der Waals surface area (Å²) < 4.78 is 28.8. The lowest BCUT2D eigenvalue weighted by Crippen LogP contribution is -2.43. The van der Waals surface area contributed by atoms with Gasteiger partial charge in [-0.15, -0.1) is 5.10 Å². The molecule has 34 heavy (non-hydrogen) atoms. The highest BCUT2D eigenvalue weighted by Crippen LogP contribution is 2.32. The number of piperidine rings is 1. The van der Waals surface area contributed by atoms with Crippen LogP contribution in [0.3, 0.4) is 0 Å². The molecule has 1 N–H and O–H groups in total. The Morgan fingerprint density at radius 2 is 1.82 bits per heavy atom. The maximum atomic E-state index is 13.0. The Morgan fingerprint density at radius 3 is 2.62 bits per heavy atom. The molecule has 2 fully saturated rings. The van der Waals surface area contributed by atoms with Crippen LogP contribution in [0.4, 0.5) is 8.78 Å². The SMILES string of the molecule is O=C(/C=C/c1ccc(OC(F)F)cc1)N1C[C@H]2CCN(C(=O)c3ccc4[nH]nnc4c3)C[C@@H]2C1. The number of hydrogen-bond donors (Lipinski definition) is 1. The fraction of sp³-hybridized carbons (Fsp3) is 0.333. The fourth-order valence-corrected chi connectivity index (χ4v) is 4.72. The molecule has 10 heteroatoms. The Morgan fingerprint density at radius 1 is 1.06 bits per heavy atom. The number of aromatic nitrogens is 3. The summed E-state index contributed by atoms with van der Waals surface area (Å²) in [6, 6.07) is 11.4. The van der Waals surface area contributed by atoms with Crippen LogP contribution in [0.15, 0.2) is 48.5 Å². The molecule has 2 saturated heterocycles. The number of likely N-dealkylation sites (tertiary alicyclic amines) is 2. The Labute approximate surface area is 194 Å². The molecule has 0 radical (unpaired) electrons. The maximum Gasteiger partial charge on any atom is 0.387 e. The summed E-state index contributed by atoms with van der Waals surface area (Å²) in [5, 5.41) is 10.5. The van der Waals surface area contributed by atoms with Gasteiger partial charge in [0.2, 0.25) is 5.91 Å². The number of benzene rings is 2. The number of aromatic amines is 1. The van der Waals surface area contributed by atoms with Crippen molar-refractivity contribution >= 4 is 28.9 Å². The van der Waals surface area contributed by atoms with Gasteiger partial charge < -0.3 is 14.5 Å². The fourth-order valence-electron chi connectivity index (χ4n) is 4.72. The summed E-state index contributed by atoms with van der Waals surface area (Å²) in [6.45, 7) is -0.338. The molecular weight excluding hydrogens is 444 g/mol. The number of alkyl halides is 2. The van der Waals surface area contributed by atoms with Gasteiger partial charge in [0, 0.05) is 37.8 Å². The average molecular weight is 467 g/mol. The molecule has 8 nitrogen and oxygen atoms in total. The van der Waals surface area contributed by atoms with Crippen LogP contribution in [0.5, 0.6) is 5.75 Å². The topological polar surface area (TPSA) is 91.4 Å². The van der Waals surface area contributed by atoms with Crippen molar-refractivity contribution in [3.63, 3.8) is 0 Å². The summed E-state index contributed by atoms with van der Waals surface area (Å²) in [5.74, 6) is 0.535. The molecule has 2 aromatic carbocycles. The van der Waals surface area contributed by atoms with Crippen molar-refractivity contribution in [2.75, 3.05) is 26.2 Å². The lowest BCUT2D eigenvalue weighted by molar-refractivity contribution is -0.125. The molecule has 1 aromatic heterocycles. The molecule has 0 bridgehead atoms. The molecule has 0 aliphatic carbocycles. The number of nitrogens with zero attached hydrogens (tertiary/aromatic N) is 4. The smallest absolute Gasteiger partial charge is 0.387 e. The number of hydrogen-bond acceptors (Lipinski definition) is 5. The van der Waals surface area contributed by atoms with Crippen molar-refractivity contribution in [3.8, 4) is 5.75 Å². The number of carbonyl (C=O) groups excluding carboxylic acids is 2. The van der Waals surface area contributed by atoms with Crippen molar-refractivity contribution in [3.05, 3.63) is 59.7 Å². The molecule has 5 rings (SSSR count). The number of fused-ring (bicyclic) bond motifs is 2. The van der Waals surface area contributed by atoms with E-state index in [1.807, 2.05) is 9.80 Å². The first-order valence-corrected chi connectivity index (χ1v) is 11.1. The summed E-state index contributed by atoms with van der Waals surface area (Å²) >= 11 is 0. The van der Waals surface area contributed by atoms with Gasteiger partial charge in [-0.3, -0.25) is 14.7 Å². The largest absolute Gasteiger partial charge is 0.435 e. The quantitative estimate of drug-likeness (QED) is 0.582. The van der Waals surface area contributed by atoms with E-state index >= 15 is 0 Å². The van der Waals surface area contributed by atoms with Gasteiger partial charge in [-0.2, -0.15) is 8.78 Å². The number of amides is 2. The molecular formula is C24H23F2N5O3. The van der Waals surface area contributed by atoms with Crippen molar-refractivity contribution < 1.29 is 23.1 Å². The third-order valence-electron chi connectivity index (χ3n) is 6.50. The number of H-pyrrole nitrogens is 1. The highest BCUT2D eigenvalue weighted by molar-refractivity contribution is 5.97. The zero-order valence-corrected chi connectivity index (χ0v) is 18.2. The molecule has 176 valence electrons. The van der Waals surface area contributed by atoms with E-state index in [2.05, 4.69) is 20.1 Å². The predicted octanol–water partition coefficient (Wildman–Crippen LogP) is 3.19. The third-order valence-corrected chi connectivity index (χ3v) is 6.50. The van der Waals surface area contributed by atoms with E-state index in [0.717, 1.165) is 11.9 Å². The molecule has 2 atom stereocenters. The second-order valence-corrected chi connectivity index (χ2v) is 8.63. The van der Waals surface area contributed by atoms with E-state index in [1.54, 1.807) is 36.4 Å².